The fraction of sp³-hybridized carbons (Fsp3) is 0.263. The van der Waals surface area contributed by atoms with Crippen LogP contribution in [0.15, 0.2) is 24.3 Å². The van der Waals surface area contributed by atoms with Gasteiger partial charge in [0.25, 0.3) is 0 Å². The van der Waals surface area contributed by atoms with Crippen molar-refractivity contribution in [3.8, 4) is 17.2 Å². The Morgan fingerprint density at radius 3 is 2.54 bits per heavy atom. The van der Waals surface area contributed by atoms with Gasteiger partial charge in [0.05, 0.1) is 5.02 Å². The van der Waals surface area contributed by atoms with Crippen molar-refractivity contribution >= 4 is 29.1 Å². The Labute approximate surface area is 155 Å². The van der Waals surface area contributed by atoms with Crippen LogP contribution >= 0.6 is 11.6 Å². The highest BCUT2D eigenvalue weighted by molar-refractivity contribution is 6.39. The number of ether oxygens (including phenoxy) is 1. The molecule has 1 aliphatic rings. The minimum absolute atomic E-state index is 0.291. The molecular weight excluding hydrogens is 356 g/mol. The summed E-state index contributed by atoms with van der Waals surface area (Å²) in [6, 6.07) is 6.51. The SMILES string of the molecule is Cc1cc(NC(=O)C(N)=O)cc(Cl)c1Oc1ccc(O)c2c1CCCC2. The van der Waals surface area contributed by atoms with Gasteiger partial charge in [-0.25, -0.2) is 0 Å². The van der Waals surface area contributed by atoms with Crippen LogP contribution in [0.3, 0.4) is 0 Å². The maximum atomic E-state index is 11.4. The molecule has 0 saturated heterocycles. The van der Waals surface area contributed by atoms with E-state index in [1.54, 1.807) is 25.1 Å². The molecule has 0 bridgehead atoms. The van der Waals surface area contributed by atoms with Crippen molar-refractivity contribution in [1.29, 1.82) is 0 Å². The summed E-state index contributed by atoms with van der Waals surface area (Å²) in [5.74, 6) is -0.574. The average Bonchev–Trinajstić information content (AvgIpc) is 2.60. The van der Waals surface area contributed by atoms with E-state index in [2.05, 4.69) is 5.32 Å². The number of anilines is 1. The Morgan fingerprint density at radius 2 is 1.88 bits per heavy atom. The number of primary amides is 1. The van der Waals surface area contributed by atoms with Crippen molar-refractivity contribution in [3.05, 3.63) is 46.0 Å². The van der Waals surface area contributed by atoms with Gasteiger partial charge in [0, 0.05) is 16.8 Å². The van der Waals surface area contributed by atoms with Crippen LogP contribution in [0.2, 0.25) is 5.02 Å². The molecule has 0 radical (unpaired) electrons. The number of aromatic hydroxyl groups is 1. The summed E-state index contributed by atoms with van der Waals surface area (Å²) in [6.07, 6.45) is 3.74. The average molecular weight is 375 g/mol. The van der Waals surface area contributed by atoms with Gasteiger partial charge in [-0.05, 0) is 62.4 Å². The summed E-state index contributed by atoms with van der Waals surface area (Å²) in [7, 11) is 0. The predicted molar refractivity (Wildman–Crippen MR) is 98.8 cm³/mol. The van der Waals surface area contributed by atoms with E-state index < -0.39 is 11.8 Å². The lowest BCUT2D eigenvalue weighted by molar-refractivity contribution is -0.134. The molecule has 7 heteroatoms. The van der Waals surface area contributed by atoms with E-state index in [1.807, 2.05) is 0 Å². The Morgan fingerprint density at radius 1 is 1.19 bits per heavy atom. The van der Waals surface area contributed by atoms with Crippen LogP contribution in [0, 0.1) is 6.92 Å². The van der Waals surface area contributed by atoms with Gasteiger partial charge in [-0.15, -0.1) is 0 Å². The van der Waals surface area contributed by atoms with E-state index in [9.17, 15) is 14.7 Å². The summed E-state index contributed by atoms with van der Waals surface area (Å²) in [5.41, 5.74) is 7.91. The monoisotopic (exact) mass is 374 g/mol. The van der Waals surface area contributed by atoms with Gasteiger partial charge in [0.15, 0.2) is 0 Å². The molecule has 2 aromatic rings. The highest BCUT2D eigenvalue weighted by Gasteiger charge is 2.20. The van der Waals surface area contributed by atoms with E-state index in [-0.39, 0.29) is 0 Å². The Kier molecular flexibility index (Phi) is 5.04. The number of nitrogens with two attached hydrogens (primary N) is 1. The van der Waals surface area contributed by atoms with Crippen molar-refractivity contribution in [2.45, 2.75) is 32.6 Å². The van der Waals surface area contributed by atoms with Crippen LogP contribution in [-0.2, 0) is 22.4 Å². The number of carbonyl (C=O) groups excluding carboxylic acids is 2. The third-order valence-electron chi connectivity index (χ3n) is 4.39. The molecule has 0 aromatic heterocycles. The lowest BCUT2D eigenvalue weighted by atomic mass is 9.90. The number of halogens is 1. The first kappa shape index (κ1) is 18.1. The van der Waals surface area contributed by atoms with Crippen LogP contribution in [-0.4, -0.2) is 16.9 Å². The largest absolute Gasteiger partial charge is 0.508 e. The highest BCUT2D eigenvalue weighted by atomic mass is 35.5. The van der Waals surface area contributed by atoms with Crippen molar-refractivity contribution in [3.63, 3.8) is 0 Å². The minimum Gasteiger partial charge on any atom is -0.508 e. The molecule has 1 aliphatic carbocycles. The minimum atomic E-state index is -1.07. The molecule has 0 aliphatic heterocycles. The number of rotatable bonds is 3. The normalized spacial score (nSPS) is 13.0. The molecule has 4 N–H and O–H groups in total. The quantitative estimate of drug-likeness (QED) is 0.716. The van der Waals surface area contributed by atoms with E-state index in [0.29, 0.717) is 33.5 Å². The van der Waals surface area contributed by atoms with Crippen LogP contribution in [0.1, 0.15) is 29.5 Å². The highest BCUT2D eigenvalue weighted by Crippen LogP contribution is 2.41. The molecule has 0 heterocycles. The van der Waals surface area contributed by atoms with Crippen molar-refractivity contribution in [2.24, 2.45) is 5.73 Å². The molecule has 0 saturated carbocycles. The summed E-state index contributed by atoms with van der Waals surface area (Å²) < 4.78 is 6.05. The van der Waals surface area contributed by atoms with Gasteiger partial charge in [0.1, 0.15) is 17.2 Å². The van der Waals surface area contributed by atoms with Gasteiger partial charge in [-0.3, -0.25) is 9.59 Å². The van der Waals surface area contributed by atoms with Crippen LogP contribution in [0.5, 0.6) is 17.2 Å². The van der Waals surface area contributed by atoms with Gasteiger partial charge >= 0.3 is 11.8 Å². The van der Waals surface area contributed by atoms with Crippen LogP contribution in [0.4, 0.5) is 5.69 Å². The summed E-state index contributed by atoms with van der Waals surface area (Å²) >= 11 is 6.32. The molecule has 0 atom stereocenters. The second-order valence-corrected chi connectivity index (χ2v) is 6.68. The fourth-order valence-corrected chi connectivity index (χ4v) is 3.45. The van der Waals surface area contributed by atoms with Crippen molar-refractivity contribution in [2.75, 3.05) is 5.32 Å². The molecule has 3 rings (SSSR count). The number of fused-ring (bicyclic) bond motifs is 1. The number of benzene rings is 2. The first-order valence-electron chi connectivity index (χ1n) is 8.29. The predicted octanol–water partition coefficient (Wildman–Crippen LogP) is 3.45. The number of amides is 2. The summed E-state index contributed by atoms with van der Waals surface area (Å²) in [4.78, 5) is 22.3. The fourth-order valence-electron chi connectivity index (χ4n) is 3.15. The maximum Gasteiger partial charge on any atom is 0.313 e. The first-order valence-corrected chi connectivity index (χ1v) is 8.67. The molecule has 6 nitrogen and oxygen atoms in total. The third kappa shape index (κ3) is 3.60. The Bertz CT molecular complexity index is 872. The topological polar surface area (TPSA) is 102 Å². The lowest BCUT2D eigenvalue weighted by Gasteiger charge is -2.21. The molecule has 136 valence electrons. The number of carbonyl (C=O) groups is 2. The zero-order chi connectivity index (χ0) is 18.8. The maximum absolute atomic E-state index is 11.4. The number of phenolic OH excluding ortho intramolecular Hbond substituents is 1. The standard InChI is InChI=1S/C19H19ClN2O4/c1-10-8-11(22-19(25)18(21)24)9-14(20)17(10)26-16-7-6-15(23)12-4-2-3-5-13(12)16/h6-9,23H,2-5H2,1H3,(H2,21,24)(H,22,25). The second-order valence-electron chi connectivity index (χ2n) is 6.27. The van der Waals surface area contributed by atoms with Crippen LogP contribution in [0.25, 0.3) is 0 Å². The molecule has 0 fully saturated rings. The van der Waals surface area contributed by atoms with E-state index in [1.165, 1.54) is 6.07 Å². The lowest BCUT2D eigenvalue weighted by Crippen LogP contribution is -2.29. The zero-order valence-corrected chi connectivity index (χ0v) is 15.0. The Hall–Kier alpha value is -2.73. The number of hydrogen-bond donors (Lipinski definition) is 3. The number of phenols is 1. The van der Waals surface area contributed by atoms with E-state index in [4.69, 9.17) is 22.1 Å². The van der Waals surface area contributed by atoms with Gasteiger partial charge in [-0.1, -0.05) is 11.6 Å². The second kappa shape index (κ2) is 7.25. The van der Waals surface area contributed by atoms with Crippen LogP contribution < -0.4 is 15.8 Å². The van der Waals surface area contributed by atoms with Gasteiger partial charge in [-0.2, -0.15) is 0 Å². The smallest absolute Gasteiger partial charge is 0.313 e. The molecule has 0 unspecified atom stereocenters. The van der Waals surface area contributed by atoms with Gasteiger partial charge in [0.2, 0.25) is 0 Å². The number of hydrogen-bond acceptors (Lipinski definition) is 4. The molecule has 0 spiro atoms. The number of aryl methyl sites for hydroxylation is 1. The van der Waals surface area contributed by atoms with Crippen molar-refractivity contribution < 1.29 is 19.4 Å². The number of nitrogens with one attached hydrogen (secondary N) is 1. The molecular formula is C19H19ClN2O4. The van der Waals surface area contributed by atoms with Crippen molar-refractivity contribution in [1.82, 2.24) is 0 Å². The van der Waals surface area contributed by atoms with E-state index >= 15 is 0 Å². The summed E-state index contributed by atoms with van der Waals surface area (Å²) in [6.45, 7) is 1.79. The summed E-state index contributed by atoms with van der Waals surface area (Å²) in [5, 5.41) is 12.7. The zero-order valence-electron chi connectivity index (χ0n) is 14.3. The third-order valence-corrected chi connectivity index (χ3v) is 4.67. The molecule has 2 amide bonds. The molecule has 2 aromatic carbocycles. The van der Waals surface area contributed by atoms with E-state index in [0.717, 1.165) is 36.8 Å². The van der Waals surface area contributed by atoms with Gasteiger partial charge < -0.3 is 20.9 Å². The molecule has 26 heavy (non-hydrogen) atoms. The Balaban J connectivity index is 1.92. The first-order chi connectivity index (χ1) is 12.4.